The lowest BCUT2D eigenvalue weighted by atomic mass is 10.2. The molecule has 0 radical (unpaired) electrons. The number of aryl methyl sites for hydroxylation is 1. The lowest BCUT2D eigenvalue weighted by Gasteiger charge is -2.19. The van der Waals surface area contributed by atoms with Gasteiger partial charge in [0.1, 0.15) is 0 Å². The third kappa shape index (κ3) is 3.61. The summed E-state index contributed by atoms with van der Waals surface area (Å²) in [7, 11) is 1.76. The lowest BCUT2D eigenvalue weighted by Crippen LogP contribution is -2.29. The van der Waals surface area contributed by atoms with Crippen molar-refractivity contribution in [2.45, 2.75) is 13.1 Å². The molecule has 6 nitrogen and oxygen atoms in total. The Bertz CT molecular complexity index is 466. The van der Waals surface area contributed by atoms with Gasteiger partial charge in [0.15, 0.2) is 5.82 Å². The standard InChI is InChI=1S/C12H18N6/c1-17-15-12(14-16-17)10-18(8-7-13)9-11-5-3-2-4-6-11/h2-6H,7-10,13H2,1H3. The van der Waals surface area contributed by atoms with Gasteiger partial charge in [-0.25, -0.2) is 0 Å². The summed E-state index contributed by atoms with van der Waals surface area (Å²) >= 11 is 0. The van der Waals surface area contributed by atoms with E-state index in [9.17, 15) is 0 Å². The van der Waals surface area contributed by atoms with Crippen molar-refractivity contribution in [3.63, 3.8) is 0 Å². The highest BCUT2D eigenvalue weighted by Gasteiger charge is 2.09. The van der Waals surface area contributed by atoms with Crippen LogP contribution in [0.1, 0.15) is 11.4 Å². The van der Waals surface area contributed by atoms with Gasteiger partial charge in [-0.15, -0.1) is 10.2 Å². The van der Waals surface area contributed by atoms with Crippen LogP contribution in [0.2, 0.25) is 0 Å². The quantitative estimate of drug-likeness (QED) is 0.786. The average molecular weight is 246 g/mol. The van der Waals surface area contributed by atoms with Crippen molar-refractivity contribution >= 4 is 0 Å². The first-order chi connectivity index (χ1) is 8.78. The molecule has 1 aromatic carbocycles. The molecule has 0 saturated carbocycles. The van der Waals surface area contributed by atoms with Gasteiger partial charge >= 0.3 is 0 Å². The molecule has 1 aromatic heterocycles. The number of nitrogens with two attached hydrogens (primary N) is 1. The highest BCUT2D eigenvalue weighted by molar-refractivity contribution is 5.14. The molecule has 2 N–H and O–H groups in total. The summed E-state index contributed by atoms with van der Waals surface area (Å²) in [5.74, 6) is 0.724. The highest BCUT2D eigenvalue weighted by atomic mass is 15.6. The van der Waals surface area contributed by atoms with Crippen LogP contribution in [-0.2, 0) is 20.1 Å². The fourth-order valence-corrected chi connectivity index (χ4v) is 1.82. The van der Waals surface area contributed by atoms with Gasteiger partial charge in [-0.3, -0.25) is 4.90 Å². The number of tetrazole rings is 1. The molecule has 2 aromatic rings. The highest BCUT2D eigenvalue weighted by Crippen LogP contribution is 2.06. The summed E-state index contributed by atoms with van der Waals surface area (Å²) in [4.78, 5) is 3.69. The normalized spacial score (nSPS) is 11.1. The predicted octanol–water partition coefficient (Wildman–Crippen LogP) is 0.171. The number of nitrogens with zero attached hydrogens (tertiary/aromatic N) is 5. The van der Waals surface area contributed by atoms with Crippen LogP contribution in [0, 0.1) is 0 Å². The molecule has 0 saturated heterocycles. The minimum Gasteiger partial charge on any atom is -0.329 e. The molecule has 1 heterocycles. The largest absolute Gasteiger partial charge is 0.329 e. The van der Waals surface area contributed by atoms with Gasteiger partial charge in [-0.05, 0) is 10.8 Å². The number of rotatable bonds is 6. The molecule has 2 rings (SSSR count). The smallest absolute Gasteiger partial charge is 0.188 e. The van der Waals surface area contributed by atoms with Gasteiger partial charge in [0.2, 0.25) is 0 Å². The molecule has 0 aliphatic heterocycles. The number of aromatic nitrogens is 4. The van der Waals surface area contributed by atoms with Gasteiger partial charge in [-0.1, -0.05) is 30.3 Å². The van der Waals surface area contributed by atoms with E-state index in [4.69, 9.17) is 5.73 Å². The van der Waals surface area contributed by atoms with Gasteiger partial charge < -0.3 is 5.73 Å². The number of hydrogen-bond acceptors (Lipinski definition) is 5. The second kappa shape index (κ2) is 6.23. The van der Waals surface area contributed by atoms with E-state index in [1.807, 2.05) is 18.2 Å². The van der Waals surface area contributed by atoms with E-state index in [-0.39, 0.29) is 0 Å². The van der Waals surface area contributed by atoms with Crippen LogP contribution in [0.5, 0.6) is 0 Å². The zero-order valence-electron chi connectivity index (χ0n) is 10.5. The van der Waals surface area contributed by atoms with E-state index >= 15 is 0 Å². The van der Waals surface area contributed by atoms with E-state index in [1.54, 1.807) is 7.05 Å². The van der Waals surface area contributed by atoms with E-state index in [2.05, 4.69) is 32.4 Å². The maximum Gasteiger partial charge on any atom is 0.188 e. The Morgan fingerprint density at radius 1 is 1.22 bits per heavy atom. The molecular weight excluding hydrogens is 228 g/mol. The van der Waals surface area contributed by atoms with Crippen LogP contribution in [-0.4, -0.2) is 38.2 Å². The Morgan fingerprint density at radius 2 is 2.00 bits per heavy atom. The molecule has 6 heteroatoms. The fourth-order valence-electron chi connectivity index (χ4n) is 1.82. The SMILES string of the molecule is Cn1nnc(CN(CCN)Cc2ccccc2)n1. The van der Waals surface area contributed by atoms with Crippen molar-refractivity contribution in [1.82, 2.24) is 25.1 Å². The maximum atomic E-state index is 5.64. The molecule has 0 atom stereocenters. The zero-order valence-corrected chi connectivity index (χ0v) is 10.5. The third-order valence-electron chi connectivity index (χ3n) is 2.61. The molecule has 0 bridgehead atoms. The summed E-state index contributed by atoms with van der Waals surface area (Å²) in [5, 5.41) is 12.0. The second-order valence-corrected chi connectivity index (χ2v) is 4.18. The molecular formula is C12H18N6. The second-order valence-electron chi connectivity index (χ2n) is 4.18. The van der Waals surface area contributed by atoms with Crippen LogP contribution in [0.25, 0.3) is 0 Å². The summed E-state index contributed by atoms with van der Waals surface area (Å²) in [5.41, 5.74) is 6.90. The first kappa shape index (κ1) is 12.7. The van der Waals surface area contributed by atoms with Crippen molar-refractivity contribution < 1.29 is 0 Å². The Balaban J connectivity index is 1.99. The minimum atomic E-state index is 0.618. The third-order valence-corrected chi connectivity index (χ3v) is 2.61. The van der Waals surface area contributed by atoms with E-state index in [1.165, 1.54) is 10.4 Å². The zero-order chi connectivity index (χ0) is 12.8. The van der Waals surface area contributed by atoms with Crippen molar-refractivity contribution in [2.75, 3.05) is 13.1 Å². The Morgan fingerprint density at radius 3 is 2.61 bits per heavy atom. The average Bonchev–Trinajstić information content (AvgIpc) is 2.76. The van der Waals surface area contributed by atoms with E-state index in [0.29, 0.717) is 13.1 Å². The van der Waals surface area contributed by atoms with Gasteiger partial charge in [-0.2, -0.15) is 4.80 Å². The van der Waals surface area contributed by atoms with Gasteiger partial charge in [0.05, 0.1) is 13.6 Å². The maximum absolute atomic E-state index is 5.64. The monoisotopic (exact) mass is 246 g/mol. The summed E-state index contributed by atoms with van der Waals surface area (Å²) in [6.07, 6.45) is 0. The first-order valence-electron chi connectivity index (χ1n) is 5.97. The molecule has 0 spiro atoms. The Kier molecular flexibility index (Phi) is 4.38. The topological polar surface area (TPSA) is 72.9 Å². The number of hydrogen-bond donors (Lipinski definition) is 1. The predicted molar refractivity (Wildman–Crippen MR) is 68.4 cm³/mol. The van der Waals surface area contributed by atoms with Crippen molar-refractivity contribution in [3.8, 4) is 0 Å². The Labute approximate surface area is 106 Å². The van der Waals surface area contributed by atoms with Gasteiger partial charge in [0, 0.05) is 19.6 Å². The first-order valence-corrected chi connectivity index (χ1v) is 5.97. The molecule has 0 aliphatic rings. The lowest BCUT2D eigenvalue weighted by molar-refractivity contribution is 0.257. The van der Waals surface area contributed by atoms with Crippen molar-refractivity contribution in [3.05, 3.63) is 41.7 Å². The summed E-state index contributed by atoms with van der Waals surface area (Å²) in [6, 6.07) is 10.3. The molecule has 96 valence electrons. The molecule has 0 unspecified atom stereocenters. The van der Waals surface area contributed by atoms with Crippen molar-refractivity contribution in [2.24, 2.45) is 12.8 Å². The summed E-state index contributed by atoms with van der Waals surface area (Å²) < 4.78 is 0. The van der Waals surface area contributed by atoms with Crippen LogP contribution in [0.3, 0.4) is 0 Å². The molecule has 0 fully saturated rings. The Hall–Kier alpha value is -1.79. The molecule has 0 amide bonds. The van der Waals surface area contributed by atoms with Crippen LogP contribution in [0.15, 0.2) is 30.3 Å². The van der Waals surface area contributed by atoms with Crippen LogP contribution >= 0.6 is 0 Å². The van der Waals surface area contributed by atoms with Crippen molar-refractivity contribution in [1.29, 1.82) is 0 Å². The molecule has 0 aliphatic carbocycles. The van der Waals surface area contributed by atoms with Gasteiger partial charge in [0.25, 0.3) is 0 Å². The van der Waals surface area contributed by atoms with Crippen LogP contribution < -0.4 is 5.73 Å². The minimum absolute atomic E-state index is 0.618. The summed E-state index contributed by atoms with van der Waals surface area (Å²) in [6.45, 7) is 2.94. The van der Waals surface area contributed by atoms with Crippen LogP contribution in [0.4, 0.5) is 0 Å². The number of benzene rings is 1. The van der Waals surface area contributed by atoms with E-state index < -0.39 is 0 Å². The fraction of sp³-hybridized carbons (Fsp3) is 0.417. The molecule has 18 heavy (non-hydrogen) atoms. The van der Waals surface area contributed by atoms with E-state index in [0.717, 1.165) is 18.9 Å².